The number of fused-ring (bicyclic) bond motifs is 1. The Bertz CT molecular complexity index is 615. The standard InChI is InChI=1S/C11H7FO4/c1-15-10(13)9-5-16-11(14)8-4-6(12)2-3-7(8)9/h2-5H,1H3. The number of hydrogen-bond acceptors (Lipinski definition) is 4. The third kappa shape index (κ3) is 1.56. The molecule has 2 rings (SSSR count). The second kappa shape index (κ2) is 3.77. The number of methoxy groups -OCH3 is 1. The first-order valence-corrected chi connectivity index (χ1v) is 4.43. The number of esters is 1. The molecule has 1 aromatic carbocycles. The summed E-state index contributed by atoms with van der Waals surface area (Å²) < 4.78 is 22.1. The van der Waals surface area contributed by atoms with Crippen molar-refractivity contribution in [1.29, 1.82) is 0 Å². The summed E-state index contributed by atoms with van der Waals surface area (Å²) in [4.78, 5) is 22.7. The molecule has 0 aliphatic heterocycles. The third-order valence-electron chi connectivity index (χ3n) is 2.18. The molecule has 2 aromatic rings. The minimum absolute atomic E-state index is 0.0166. The SMILES string of the molecule is COC(=O)c1coc(=O)c2cc(F)ccc12. The Labute approximate surface area is 89.2 Å². The molecule has 0 bridgehead atoms. The molecule has 0 saturated carbocycles. The highest BCUT2D eigenvalue weighted by Gasteiger charge is 2.14. The van der Waals surface area contributed by atoms with Crippen LogP contribution < -0.4 is 5.63 Å². The number of carbonyl (C=O) groups is 1. The van der Waals surface area contributed by atoms with E-state index in [0.29, 0.717) is 5.39 Å². The summed E-state index contributed by atoms with van der Waals surface area (Å²) in [6.07, 6.45) is 1.01. The number of benzene rings is 1. The largest absolute Gasteiger partial charge is 0.465 e. The zero-order chi connectivity index (χ0) is 11.7. The predicted molar refractivity (Wildman–Crippen MR) is 53.8 cm³/mol. The second-order valence-corrected chi connectivity index (χ2v) is 3.12. The van der Waals surface area contributed by atoms with Gasteiger partial charge in [0.2, 0.25) is 0 Å². The quantitative estimate of drug-likeness (QED) is 0.689. The van der Waals surface area contributed by atoms with Crippen LogP contribution in [0.1, 0.15) is 10.4 Å². The molecule has 0 amide bonds. The average molecular weight is 222 g/mol. The van der Waals surface area contributed by atoms with Gasteiger partial charge in [0.25, 0.3) is 0 Å². The average Bonchev–Trinajstić information content (AvgIpc) is 2.29. The van der Waals surface area contributed by atoms with E-state index in [2.05, 4.69) is 9.15 Å². The van der Waals surface area contributed by atoms with Gasteiger partial charge in [0, 0.05) is 5.39 Å². The maximum absolute atomic E-state index is 12.9. The van der Waals surface area contributed by atoms with Gasteiger partial charge in [-0.25, -0.2) is 14.0 Å². The predicted octanol–water partition coefficient (Wildman–Crippen LogP) is 1.72. The van der Waals surface area contributed by atoms with Crippen molar-refractivity contribution in [3.63, 3.8) is 0 Å². The van der Waals surface area contributed by atoms with E-state index in [4.69, 9.17) is 0 Å². The molecule has 16 heavy (non-hydrogen) atoms. The van der Waals surface area contributed by atoms with Gasteiger partial charge < -0.3 is 9.15 Å². The van der Waals surface area contributed by atoms with Gasteiger partial charge in [-0.3, -0.25) is 0 Å². The molecule has 0 saturated heterocycles. The number of halogens is 1. The molecule has 82 valence electrons. The zero-order valence-corrected chi connectivity index (χ0v) is 8.32. The van der Waals surface area contributed by atoms with Gasteiger partial charge >= 0.3 is 11.6 Å². The Balaban J connectivity index is 2.84. The van der Waals surface area contributed by atoms with Crippen molar-refractivity contribution in [2.45, 2.75) is 0 Å². The fourth-order valence-corrected chi connectivity index (χ4v) is 1.43. The number of ether oxygens (including phenoxy) is 1. The highest BCUT2D eigenvalue weighted by molar-refractivity contribution is 6.03. The summed E-state index contributed by atoms with van der Waals surface area (Å²) >= 11 is 0. The third-order valence-corrected chi connectivity index (χ3v) is 2.18. The normalized spacial score (nSPS) is 10.4. The molecule has 0 aliphatic rings. The van der Waals surface area contributed by atoms with Crippen LogP contribution in [-0.4, -0.2) is 13.1 Å². The van der Waals surface area contributed by atoms with Crippen molar-refractivity contribution in [3.05, 3.63) is 46.3 Å². The molecule has 5 heteroatoms. The van der Waals surface area contributed by atoms with Gasteiger partial charge in [0.15, 0.2) is 0 Å². The van der Waals surface area contributed by atoms with Gasteiger partial charge in [0.1, 0.15) is 17.6 Å². The lowest BCUT2D eigenvalue weighted by Gasteiger charge is -2.02. The summed E-state index contributed by atoms with van der Waals surface area (Å²) in [6.45, 7) is 0. The lowest BCUT2D eigenvalue weighted by molar-refractivity contribution is 0.0600. The Morgan fingerprint density at radius 3 is 2.81 bits per heavy atom. The molecule has 0 radical (unpaired) electrons. The van der Waals surface area contributed by atoms with E-state index in [0.717, 1.165) is 18.4 Å². The van der Waals surface area contributed by atoms with E-state index in [9.17, 15) is 14.0 Å². The molecule has 0 N–H and O–H groups in total. The molecular weight excluding hydrogens is 215 g/mol. The fourth-order valence-electron chi connectivity index (χ4n) is 1.43. The van der Waals surface area contributed by atoms with Gasteiger partial charge in [0.05, 0.1) is 12.5 Å². The summed E-state index contributed by atoms with van der Waals surface area (Å²) in [5.74, 6) is -1.21. The minimum atomic E-state index is -0.692. The van der Waals surface area contributed by atoms with Gasteiger partial charge in [-0.2, -0.15) is 0 Å². The highest BCUT2D eigenvalue weighted by Crippen LogP contribution is 2.17. The Morgan fingerprint density at radius 2 is 2.12 bits per heavy atom. The van der Waals surface area contributed by atoms with Crippen molar-refractivity contribution in [1.82, 2.24) is 0 Å². The molecule has 0 aliphatic carbocycles. The van der Waals surface area contributed by atoms with Crippen LogP contribution in [0, 0.1) is 5.82 Å². The maximum Gasteiger partial charge on any atom is 0.343 e. The van der Waals surface area contributed by atoms with E-state index >= 15 is 0 Å². The summed E-state index contributed by atoms with van der Waals surface area (Å²) in [5.41, 5.74) is -0.598. The molecule has 1 heterocycles. The summed E-state index contributed by atoms with van der Waals surface area (Å²) in [6, 6.07) is 3.52. The van der Waals surface area contributed by atoms with Gasteiger partial charge in [-0.1, -0.05) is 6.07 Å². The summed E-state index contributed by atoms with van der Waals surface area (Å²) in [7, 11) is 1.21. The Morgan fingerprint density at radius 1 is 1.38 bits per heavy atom. The van der Waals surface area contributed by atoms with Crippen molar-refractivity contribution in [3.8, 4) is 0 Å². The van der Waals surface area contributed by atoms with Crippen LogP contribution in [-0.2, 0) is 4.74 Å². The summed E-state index contributed by atoms with van der Waals surface area (Å²) in [5, 5.41) is 0.326. The first-order chi connectivity index (χ1) is 7.63. The highest BCUT2D eigenvalue weighted by atomic mass is 19.1. The lowest BCUT2D eigenvalue weighted by atomic mass is 10.1. The van der Waals surface area contributed by atoms with E-state index in [1.807, 2.05) is 0 Å². The van der Waals surface area contributed by atoms with E-state index in [1.54, 1.807) is 0 Å². The van der Waals surface area contributed by atoms with Gasteiger partial charge in [-0.05, 0) is 12.1 Å². The van der Waals surface area contributed by atoms with Crippen molar-refractivity contribution in [2.24, 2.45) is 0 Å². The molecule has 0 atom stereocenters. The van der Waals surface area contributed by atoms with Crippen LogP contribution in [0.15, 0.2) is 33.7 Å². The topological polar surface area (TPSA) is 56.5 Å². The molecular formula is C11H7FO4. The Hall–Kier alpha value is -2.17. The van der Waals surface area contributed by atoms with Crippen LogP contribution >= 0.6 is 0 Å². The molecule has 1 aromatic heterocycles. The maximum atomic E-state index is 12.9. The molecule has 0 fully saturated rings. The van der Waals surface area contributed by atoms with E-state index in [-0.39, 0.29) is 10.9 Å². The zero-order valence-electron chi connectivity index (χ0n) is 8.32. The molecule has 4 nitrogen and oxygen atoms in total. The smallest absolute Gasteiger partial charge is 0.343 e. The minimum Gasteiger partial charge on any atom is -0.465 e. The van der Waals surface area contributed by atoms with Crippen LogP contribution in [0.3, 0.4) is 0 Å². The molecule has 0 unspecified atom stereocenters. The second-order valence-electron chi connectivity index (χ2n) is 3.12. The first-order valence-electron chi connectivity index (χ1n) is 4.43. The first kappa shape index (κ1) is 10.4. The Kier molecular flexibility index (Phi) is 2.44. The fraction of sp³-hybridized carbons (Fsp3) is 0.0909. The van der Waals surface area contributed by atoms with Crippen molar-refractivity contribution >= 4 is 16.7 Å². The molecule has 0 spiro atoms. The number of rotatable bonds is 1. The lowest BCUT2D eigenvalue weighted by Crippen LogP contribution is -2.07. The monoisotopic (exact) mass is 222 g/mol. The van der Waals surface area contributed by atoms with Crippen LogP contribution in [0.25, 0.3) is 10.8 Å². The van der Waals surface area contributed by atoms with Crippen molar-refractivity contribution < 1.29 is 18.3 Å². The number of carbonyl (C=O) groups excluding carboxylic acids is 1. The van der Waals surface area contributed by atoms with E-state index in [1.165, 1.54) is 13.2 Å². The number of hydrogen-bond donors (Lipinski definition) is 0. The van der Waals surface area contributed by atoms with E-state index < -0.39 is 17.4 Å². The van der Waals surface area contributed by atoms with Crippen LogP contribution in [0.2, 0.25) is 0 Å². The van der Waals surface area contributed by atoms with Crippen LogP contribution in [0.5, 0.6) is 0 Å². The van der Waals surface area contributed by atoms with Gasteiger partial charge in [-0.15, -0.1) is 0 Å². The van der Waals surface area contributed by atoms with Crippen LogP contribution in [0.4, 0.5) is 4.39 Å². The van der Waals surface area contributed by atoms with Crippen molar-refractivity contribution in [2.75, 3.05) is 7.11 Å².